The van der Waals surface area contributed by atoms with Crippen LogP contribution in [0.3, 0.4) is 0 Å². The summed E-state index contributed by atoms with van der Waals surface area (Å²) in [6.45, 7) is 2.27. The van der Waals surface area contributed by atoms with E-state index in [1.165, 1.54) is 49.8 Å². The molecule has 0 saturated heterocycles. The van der Waals surface area contributed by atoms with Gasteiger partial charge in [0.1, 0.15) is 11.6 Å². The van der Waals surface area contributed by atoms with Gasteiger partial charge in [-0.2, -0.15) is 0 Å². The molecule has 0 amide bonds. The molecule has 0 nitrogen and oxygen atoms in total. The van der Waals surface area contributed by atoms with Crippen LogP contribution in [0, 0.1) is 17.6 Å². The molecular formula is C28H30F2. The molecule has 30 heavy (non-hydrogen) atoms. The Morgan fingerprint density at radius 3 is 1.90 bits per heavy atom. The van der Waals surface area contributed by atoms with E-state index in [-0.39, 0.29) is 11.6 Å². The largest absolute Gasteiger partial charge is 0.207 e. The monoisotopic (exact) mass is 404 g/mol. The van der Waals surface area contributed by atoms with Gasteiger partial charge in [0.15, 0.2) is 0 Å². The molecule has 0 aliphatic heterocycles. The average Bonchev–Trinajstić information content (AvgIpc) is 2.79. The van der Waals surface area contributed by atoms with Gasteiger partial charge < -0.3 is 0 Å². The number of hydrogen-bond acceptors (Lipinski definition) is 0. The molecule has 0 spiro atoms. The van der Waals surface area contributed by atoms with Crippen molar-refractivity contribution in [3.8, 4) is 11.1 Å². The number of benzene rings is 3. The summed E-state index contributed by atoms with van der Waals surface area (Å²) in [5.41, 5.74) is 5.06. The van der Waals surface area contributed by atoms with Crippen molar-refractivity contribution in [1.29, 1.82) is 0 Å². The van der Waals surface area contributed by atoms with Crippen LogP contribution < -0.4 is 0 Å². The van der Waals surface area contributed by atoms with Gasteiger partial charge in [0, 0.05) is 5.56 Å². The van der Waals surface area contributed by atoms with Crippen molar-refractivity contribution in [2.75, 3.05) is 0 Å². The first kappa shape index (κ1) is 20.8. The van der Waals surface area contributed by atoms with Gasteiger partial charge >= 0.3 is 0 Å². The topological polar surface area (TPSA) is 0 Å². The van der Waals surface area contributed by atoms with Crippen molar-refractivity contribution in [3.63, 3.8) is 0 Å². The zero-order chi connectivity index (χ0) is 20.9. The number of aryl methyl sites for hydroxylation is 2. The molecular weight excluding hydrogens is 374 g/mol. The second-order valence-corrected chi connectivity index (χ2v) is 8.69. The van der Waals surface area contributed by atoms with E-state index in [1.54, 1.807) is 6.07 Å². The number of halogens is 2. The first-order valence-electron chi connectivity index (χ1n) is 11.3. The lowest BCUT2D eigenvalue weighted by atomic mass is 9.77. The molecule has 4 rings (SSSR count). The Kier molecular flexibility index (Phi) is 6.62. The van der Waals surface area contributed by atoms with E-state index in [0.717, 1.165) is 35.4 Å². The molecule has 1 aliphatic rings. The maximum Gasteiger partial charge on any atom is 0.131 e. The lowest BCUT2D eigenvalue weighted by Crippen LogP contribution is -2.12. The van der Waals surface area contributed by atoms with E-state index in [2.05, 4.69) is 25.1 Å². The van der Waals surface area contributed by atoms with E-state index in [1.807, 2.05) is 30.3 Å². The Morgan fingerprint density at radius 2 is 1.33 bits per heavy atom. The minimum Gasteiger partial charge on any atom is -0.207 e. The summed E-state index contributed by atoms with van der Waals surface area (Å²) in [5.74, 6) is 1.03. The second-order valence-electron chi connectivity index (χ2n) is 8.69. The summed E-state index contributed by atoms with van der Waals surface area (Å²) < 4.78 is 27.9. The van der Waals surface area contributed by atoms with E-state index in [9.17, 15) is 8.78 Å². The third-order valence-corrected chi connectivity index (χ3v) is 6.77. The molecule has 0 bridgehead atoms. The summed E-state index contributed by atoms with van der Waals surface area (Å²) in [4.78, 5) is 0. The summed E-state index contributed by atoms with van der Waals surface area (Å²) in [5, 5.41) is 0. The van der Waals surface area contributed by atoms with E-state index in [4.69, 9.17) is 0 Å². The molecule has 0 radical (unpaired) electrons. The summed E-state index contributed by atoms with van der Waals surface area (Å²) >= 11 is 0. The van der Waals surface area contributed by atoms with Crippen LogP contribution >= 0.6 is 0 Å². The normalized spacial score (nSPS) is 19.0. The zero-order valence-electron chi connectivity index (χ0n) is 17.7. The highest BCUT2D eigenvalue weighted by Gasteiger charge is 2.22. The first-order valence-corrected chi connectivity index (χ1v) is 11.3. The Balaban J connectivity index is 1.40. The fourth-order valence-electron chi connectivity index (χ4n) is 4.71. The minimum atomic E-state index is -0.204. The fraction of sp³-hybridized carbons (Fsp3) is 0.357. The molecule has 1 aliphatic carbocycles. The molecule has 156 valence electrons. The highest BCUT2D eigenvalue weighted by molar-refractivity contribution is 5.65. The van der Waals surface area contributed by atoms with Crippen LogP contribution in [0.5, 0.6) is 0 Å². The Hall–Kier alpha value is -2.48. The van der Waals surface area contributed by atoms with Crippen LogP contribution in [-0.2, 0) is 12.8 Å². The molecule has 1 fully saturated rings. The maximum atomic E-state index is 14.9. The van der Waals surface area contributed by atoms with Crippen molar-refractivity contribution >= 4 is 0 Å². The summed E-state index contributed by atoms with van der Waals surface area (Å²) in [7, 11) is 0. The molecule has 0 aromatic heterocycles. The van der Waals surface area contributed by atoms with Gasteiger partial charge in [0.2, 0.25) is 0 Å². The highest BCUT2D eigenvalue weighted by Crippen LogP contribution is 2.38. The SMILES string of the molecule is CCC1CCC(c2ccc(-c3ccc(CCc4ccc(F)cc4)cc3)c(F)c2)CC1. The van der Waals surface area contributed by atoms with Gasteiger partial charge in [-0.3, -0.25) is 0 Å². The summed E-state index contributed by atoms with van der Waals surface area (Å²) in [6.07, 6.45) is 7.91. The first-order chi connectivity index (χ1) is 14.6. The van der Waals surface area contributed by atoms with Crippen LogP contribution in [0.25, 0.3) is 11.1 Å². The Morgan fingerprint density at radius 1 is 0.733 bits per heavy atom. The predicted octanol–water partition coefficient (Wildman–Crippen LogP) is 8.10. The fourth-order valence-corrected chi connectivity index (χ4v) is 4.71. The Bertz CT molecular complexity index is 949. The minimum absolute atomic E-state index is 0.121. The summed E-state index contributed by atoms with van der Waals surface area (Å²) in [6, 6.07) is 20.6. The molecule has 0 atom stereocenters. The van der Waals surface area contributed by atoms with Gasteiger partial charge in [-0.25, -0.2) is 8.78 Å². The van der Waals surface area contributed by atoms with Crippen molar-refractivity contribution in [2.45, 2.75) is 57.8 Å². The quantitative estimate of drug-likeness (QED) is 0.389. The van der Waals surface area contributed by atoms with Crippen LogP contribution in [0.4, 0.5) is 8.78 Å². The molecule has 2 heteroatoms. The highest BCUT2D eigenvalue weighted by atomic mass is 19.1. The van der Waals surface area contributed by atoms with Crippen LogP contribution in [0.15, 0.2) is 66.7 Å². The molecule has 0 unspecified atom stereocenters. The smallest absolute Gasteiger partial charge is 0.131 e. The van der Waals surface area contributed by atoms with Crippen molar-refractivity contribution < 1.29 is 8.78 Å². The third-order valence-electron chi connectivity index (χ3n) is 6.77. The molecule has 3 aromatic carbocycles. The van der Waals surface area contributed by atoms with Gasteiger partial charge in [-0.15, -0.1) is 0 Å². The van der Waals surface area contributed by atoms with Crippen LogP contribution in [0.1, 0.15) is 61.6 Å². The Labute approximate surface area is 179 Å². The molecule has 1 saturated carbocycles. The van der Waals surface area contributed by atoms with Crippen LogP contribution in [0.2, 0.25) is 0 Å². The maximum absolute atomic E-state index is 14.9. The molecule has 0 heterocycles. The van der Waals surface area contributed by atoms with Gasteiger partial charge in [-0.05, 0) is 90.8 Å². The van der Waals surface area contributed by atoms with E-state index in [0.29, 0.717) is 11.5 Å². The zero-order valence-corrected chi connectivity index (χ0v) is 17.7. The lowest BCUT2D eigenvalue weighted by Gasteiger charge is -2.28. The van der Waals surface area contributed by atoms with Crippen molar-refractivity contribution in [2.24, 2.45) is 5.92 Å². The number of rotatable bonds is 6. The average molecular weight is 405 g/mol. The van der Waals surface area contributed by atoms with Gasteiger partial charge in [0.05, 0.1) is 0 Å². The van der Waals surface area contributed by atoms with Crippen molar-refractivity contribution in [1.82, 2.24) is 0 Å². The van der Waals surface area contributed by atoms with Crippen molar-refractivity contribution in [3.05, 3.63) is 95.1 Å². The molecule has 0 N–H and O–H groups in total. The van der Waals surface area contributed by atoms with E-state index >= 15 is 0 Å². The third kappa shape index (κ3) is 4.98. The number of hydrogen-bond donors (Lipinski definition) is 0. The standard InChI is InChI=1S/C28H30F2/c1-2-20-5-11-23(12-6-20)25-15-18-27(28(30)19-25)24-13-7-21(8-14-24)3-4-22-9-16-26(29)17-10-22/h7-10,13-20,23H,2-6,11-12H2,1H3. The lowest BCUT2D eigenvalue weighted by molar-refractivity contribution is 0.318. The molecule has 3 aromatic rings. The second kappa shape index (κ2) is 9.55. The van der Waals surface area contributed by atoms with Crippen LogP contribution in [-0.4, -0.2) is 0 Å². The van der Waals surface area contributed by atoms with Gasteiger partial charge in [-0.1, -0.05) is 61.9 Å². The van der Waals surface area contributed by atoms with Gasteiger partial charge in [0.25, 0.3) is 0 Å². The van der Waals surface area contributed by atoms with E-state index < -0.39 is 0 Å². The predicted molar refractivity (Wildman–Crippen MR) is 121 cm³/mol.